The number of benzene rings is 1. The summed E-state index contributed by atoms with van der Waals surface area (Å²) >= 11 is 0. The number of aromatic nitrogens is 2. The number of rotatable bonds is 5. The lowest BCUT2D eigenvalue weighted by Gasteiger charge is -2.25. The van der Waals surface area contributed by atoms with Crippen molar-refractivity contribution in [3.63, 3.8) is 0 Å². The molecule has 0 fully saturated rings. The number of carboxylic acid groups (broad SMARTS) is 1. The molecule has 0 saturated heterocycles. The Morgan fingerprint density at radius 1 is 1.28 bits per heavy atom. The number of fused-ring (bicyclic) bond motifs is 1. The van der Waals surface area contributed by atoms with Crippen LogP contribution in [0.1, 0.15) is 51.4 Å². The minimum absolute atomic E-state index is 0.0531. The van der Waals surface area contributed by atoms with Crippen molar-refractivity contribution < 1.29 is 14.6 Å². The number of hydrogen-bond donors (Lipinski definition) is 2. The van der Waals surface area contributed by atoms with Gasteiger partial charge in [-0.25, -0.2) is 9.98 Å². The highest BCUT2D eigenvalue weighted by Crippen LogP contribution is 2.29. The second-order valence-corrected chi connectivity index (χ2v) is 8.86. The minimum atomic E-state index is -0.965. The Labute approximate surface area is 186 Å². The van der Waals surface area contributed by atoms with Crippen molar-refractivity contribution in [1.29, 1.82) is 5.26 Å². The Morgan fingerprint density at radius 3 is 2.72 bits per heavy atom. The molecule has 0 amide bonds. The van der Waals surface area contributed by atoms with E-state index in [1.54, 1.807) is 32.2 Å². The van der Waals surface area contributed by atoms with Gasteiger partial charge < -0.3 is 14.8 Å². The molecule has 0 aliphatic carbocycles. The number of aliphatic imine (C=N–C) groups is 2. The minimum Gasteiger partial charge on any atom is -0.481 e. The molecule has 32 heavy (non-hydrogen) atoms. The zero-order valence-corrected chi connectivity index (χ0v) is 18.3. The number of hydrogen-bond acceptors (Lipinski definition) is 6. The van der Waals surface area contributed by atoms with Gasteiger partial charge in [-0.3, -0.25) is 9.79 Å². The summed E-state index contributed by atoms with van der Waals surface area (Å²) in [6.07, 6.45) is 5.96. The van der Waals surface area contributed by atoms with Gasteiger partial charge in [-0.15, -0.1) is 0 Å². The van der Waals surface area contributed by atoms with Gasteiger partial charge in [0.15, 0.2) is 5.90 Å². The summed E-state index contributed by atoms with van der Waals surface area (Å²) < 4.78 is 5.72. The van der Waals surface area contributed by atoms with E-state index in [4.69, 9.17) is 10.00 Å². The van der Waals surface area contributed by atoms with Gasteiger partial charge >= 0.3 is 5.97 Å². The van der Waals surface area contributed by atoms with Gasteiger partial charge in [-0.2, -0.15) is 5.26 Å². The summed E-state index contributed by atoms with van der Waals surface area (Å²) in [7, 11) is 0. The SMILES string of the molecule is CC1CC(C2=NC=C(c3nc4ccc(C#N)cc4[nH]3)CC2)=CN=C1OCC(C)(C)C(=O)O. The molecule has 1 atom stereocenters. The number of nitriles is 1. The second kappa shape index (κ2) is 8.42. The van der Waals surface area contributed by atoms with Crippen molar-refractivity contribution in [2.75, 3.05) is 6.61 Å². The van der Waals surface area contributed by atoms with Gasteiger partial charge in [0.25, 0.3) is 0 Å². The molecule has 1 unspecified atom stereocenters. The topological polar surface area (TPSA) is 124 Å². The van der Waals surface area contributed by atoms with Crippen LogP contribution < -0.4 is 0 Å². The number of carbonyl (C=O) groups is 1. The van der Waals surface area contributed by atoms with Crippen LogP contribution in [-0.4, -0.2) is 39.3 Å². The standard InChI is InChI=1S/C24H25N5O3/c1-14-8-17(12-27-22(14)32-13-24(2,3)23(30)31)18-7-5-16(11-26-18)21-28-19-6-4-15(10-25)9-20(19)29-21/h4,6,9,11-12,14H,5,7-8,13H2,1-3H3,(H,28,29)(H,30,31). The molecule has 164 valence electrons. The first kappa shape index (κ1) is 21.5. The van der Waals surface area contributed by atoms with Crippen LogP contribution >= 0.6 is 0 Å². The lowest BCUT2D eigenvalue weighted by Crippen LogP contribution is -2.32. The normalized spacial score (nSPS) is 18.9. The zero-order valence-electron chi connectivity index (χ0n) is 18.3. The lowest BCUT2D eigenvalue weighted by atomic mass is 9.91. The van der Waals surface area contributed by atoms with Crippen LogP contribution in [0.5, 0.6) is 0 Å². The summed E-state index contributed by atoms with van der Waals surface area (Å²) in [6.45, 7) is 5.37. The average molecular weight is 431 g/mol. The van der Waals surface area contributed by atoms with Crippen LogP contribution in [0.15, 0.2) is 46.2 Å². The number of carboxylic acids is 1. The first-order valence-electron chi connectivity index (χ1n) is 10.6. The van der Waals surface area contributed by atoms with Crippen molar-refractivity contribution in [3.8, 4) is 6.07 Å². The van der Waals surface area contributed by atoms with Crippen LogP contribution in [0.2, 0.25) is 0 Å². The van der Waals surface area contributed by atoms with Crippen molar-refractivity contribution >= 4 is 34.2 Å². The van der Waals surface area contributed by atoms with E-state index in [1.165, 1.54) is 0 Å². The molecule has 0 bridgehead atoms. The number of ether oxygens (including phenoxy) is 1. The van der Waals surface area contributed by atoms with Crippen LogP contribution in [0.25, 0.3) is 16.6 Å². The molecule has 2 aliphatic heterocycles. The maximum absolute atomic E-state index is 11.3. The van der Waals surface area contributed by atoms with Crippen LogP contribution in [0.4, 0.5) is 0 Å². The second-order valence-electron chi connectivity index (χ2n) is 8.86. The van der Waals surface area contributed by atoms with Gasteiger partial charge in [0.1, 0.15) is 12.4 Å². The summed E-state index contributed by atoms with van der Waals surface area (Å²) in [5.41, 5.74) is 4.39. The van der Waals surface area contributed by atoms with Gasteiger partial charge in [0.2, 0.25) is 0 Å². The van der Waals surface area contributed by atoms with Gasteiger partial charge in [0, 0.05) is 29.6 Å². The smallest absolute Gasteiger partial charge is 0.312 e. The van der Waals surface area contributed by atoms with Crippen molar-refractivity contribution in [2.45, 2.75) is 40.0 Å². The van der Waals surface area contributed by atoms with Gasteiger partial charge in [-0.1, -0.05) is 6.92 Å². The molecule has 3 heterocycles. The molecule has 4 rings (SSSR count). The molecule has 8 nitrogen and oxygen atoms in total. The molecule has 2 aromatic rings. The van der Waals surface area contributed by atoms with E-state index in [0.29, 0.717) is 11.5 Å². The van der Waals surface area contributed by atoms with Crippen LogP contribution in [0.3, 0.4) is 0 Å². The molecular weight excluding hydrogens is 406 g/mol. The fourth-order valence-electron chi connectivity index (χ4n) is 3.62. The molecule has 0 radical (unpaired) electrons. The summed E-state index contributed by atoms with van der Waals surface area (Å²) in [4.78, 5) is 28.3. The van der Waals surface area contributed by atoms with E-state index in [0.717, 1.165) is 53.0 Å². The predicted octanol–water partition coefficient (Wildman–Crippen LogP) is 4.46. The Bertz CT molecular complexity index is 1240. The first-order chi connectivity index (χ1) is 15.3. The van der Waals surface area contributed by atoms with Crippen molar-refractivity contribution in [3.05, 3.63) is 47.6 Å². The quantitative estimate of drug-likeness (QED) is 0.723. The predicted molar refractivity (Wildman–Crippen MR) is 122 cm³/mol. The highest BCUT2D eigenvalue weighted by Gasteiger charge is 2.30. The number of aliphatic carboxylic acids is 1. The maximum Gasteiger partial charge on any atom is 0.312 e. The Balaban J connectivity index is 1.49. The van der Waals surface area contributed by atoms with E-state index < -0.39 is 11.4 Å². The fourth-order valence-corrected chi connectivity index (χ4v) is 3.62. The van der Waals surface area contributed by atoms with E-state index in [-0.39, 0.29) is 12.5 Å². The molecule has 1 aromatic carbocycles. The Morgan fingerprint density at radius 2 is 2.06 bits per heavy atom. The number of nitrogens with one attached hydrogen (secondary N) is 1. The molecule has 0 saturated carbocycles. The Kier molecular flexibility index (Phi) is 5.66. The lowest BCUT2D eigenvalue weighted by molar-refractivity contribution is -0.148. The largest absolute Gasteiger partial charge is 0.481 e. The number of imidazole rings is 1. The summed E-state index contributed by atoms with van der Waals surface area (Å²) in [5, 5.41) is 18.3. The molecule has 2 N–H and O–H groups in total. The molecule has 2 aliphatic rings. The molecule has 0 spiro atoms. The number of aromatic amines is 1. The molecule has 8 heteroatoms. The molecular formula is C24H25N5O3. The number of nitrogens with zero attached hydrogens (tertiary/aromatic N) is 4. The summed E-state index contributed by atoms with van der Waals surface area (Å²) in [6, 6.07) is 7.54. The maximum atomic E-state index is 11.3. The third kappa shape index (κ3) is 4.33. The first-order valence-corrected chi connectivity index (χ1v) is 10.6. The van der Waals surface area contributed by atoms with Gasteiger partial charge in [0.05, 0.1) is 28.1 Å². The highest BCUT2D eigenvalue weighted by molar-refractivity contribution is 6.04. The third-order valence-electron chi connectivity index (χ3n) is 5.75. The van der Waals surface area contributed by atoms with Crippen LogP contribution in [-0.2, 0) is 9.53 Å². The van der Waals surface area contributed by atoms with E-state index in [1.807, 2.05) is 19.2 Å². The van der Waals surface area contributed by atoms with Crippen LogP contribution in [0, 0.1) is 22.7 Å². The fraction of sp³-hybridized carbons (Fsp3) is 0.375. The van der Waals surface area contributed by atoms with E-state index in [9.17, 15) is 9.90 Å². The number of H-pyrrole nitrogens is 1. The average Bonchev–Trinajstić information content (AvgIpc) is 3.21. The van der Waals surface area contributed by atoms with Crippen molar-refractivity contribution in [2.24, 2.45) is 21.3 Å². The van der Waals surface area contributed by atoms with Crippen molar-refractivity contribution in [1.82, 2.24) is 9.97 Å². The number of allylic oxidation sites excluding steroid dienone is 2. The third-order valence-corrected chi connectivity index (χ3v) is 5.75. The zero-order chi connectivity index (χ0) is 22.9. The highest BCUT2D eigenvalue weighted by atomic mass is 16.5. The summed E-state index contributed by atoms with van der Waals surface area (Å²) in [5.74, 6) is 0.498. The van der Waals surface area contributed by atoms with E-state index in [2.05, 4.69) is 26.0 Å². The van der Waals surface area contributed by atoms with E-state index >= 15 is 0 Å². The molecule has 1 aromatic heterocycles. The monoisotopic (exact) mass is 431 g/mol. The van der Waals surface area contributed by atoms with Gasteiger partial charge in [-0.05, 0) is 56.9 Å². The Hall–Kier alpha value is -3.73.